The van der Waals surface area contributed by atoms with E-state index in [0.29, 0.717) is 0 Å². The van der Waals surface area contributed by atoms with Crippen molar-refractivity contribution in [2.24, 2.45) is 0 Å². The Kier molecular flexibility index (Phi) is 7.84. The van der Waals surface area contributed by atoms with Crippen molar-refractivity contribution in [1.82, 2.24) is 0 Å². The molecule has 23 heavy (non-hydrogen) atoms. The first-order valence-corrected chi connectivity index (χ1v) is 9.53. The van der Waals surface area contributed by atoms with Gasteiger partial charge in [0.25, 0.3) is 0 Å². The van der Waals surface area contributed by atoms with Crippen LogP contribution in [0.4, 0.5) is 0 Å². The van der Waals surface area contributed by atoms with Gasteiger partial charge in [0.2, 0.25) is 0 Å². The number of rotatable bonds is 3. The van der Waals surface area contributed by atoms with Crippen molar-refractivity contribution in [2.45, 2.75) is 19.0 Å². The Balaban J connectivity index is 0.000000433. The summed E-state index contributed by atoms with van der Waals surface area (Å²) >= 11 is 14.4. The Labute approximate surface area is 155 Å². The lowest BCUT2D eigenvalue weighted by Gasteiger charge is -2.07. The SMILES string of the molecule is ClC(Cl)Cl.c1ccc([S+](c2ccccc2)c2ccccc2)cc1. The minimum Gasteiger partial charge on any atom is -0.0874 e. The van der Waals surface area contributed by atoms with Crippen molar-refractivity contribution in [2.75, 3.05) is 0 Å². The fourth-order valence-corrected chi connectivity index (χ4v) is 4.18. The lowest BCUT2D eigenvalue weighted by molar-refractivity contribution is 1.32. The van der Waals surface area contributed by atoms with Crippen LogP contribution in [-0.4, -0.2) is 4.30 Å². The summed E-state index contributed by atoms with van der Waals surface area (Å²) in [5.74, 6) is 0. The number of hydrogen-bond acceptors (Lipinski definition) is 0. The van der Waals surface area contributed by atoms with Gasteiger partial charge in [0.05, 0.1) is 10.9 Å². The normalized spacial score (nSPS) is 10.3. The molecule has 0 N–H and O–H groups in total. The smallest absolute Gasteiger partial charge is 0.0874 e. The maximum absolute atomic E-state index is 4.81. The molecule has 0 radical (unpaired) electrons. The first-order valence-electron chi connectivity index (χ1n) is 7.00. The van der Waals surface area contributed by atoms with E-state index in [4.69, 9.17) is 34.8 Å². The van der Waals surface area contributed by atoms with E-state index in [1.807, 2.05) is 0 Å². The van der Waals surface area contributed by atoms with E-state index in [1.165, 1.54) is 14.7 Å². The van der Waals surface area contributed by atoms with Gasteiger partial charge >= 0.3 is 0 Å². The van der Waals surface area contributed by atoms with Crippen molar-refractivity contribution in [3.05, 3.63) is 91.0 Å². The molecule has 0 fully saturated rings. The Bertz CT molecular complexity index is 576. The molecule has 4 heteroatoms. The van der Waals surface area contributed by atoms with Crippen molar-refractivity contribution in [3.63, 3.8) is 0 Å². The third kappa shape index (κ3) is 6.12. The van der Waals surface area contributed by atoms with E-state index in [0.717, 1.165) is 0 Å². The third-order valence-corrected chi connectivity index (χ3v) is 5.17. The second-order valence-corrected chi connectivity index (χ2v) is 8.50. The molecule has 0 amide bonds. The van der Waals surface area contributed by atoms with E-state index < -0.39 is 4.30 Å². The van der Waals surface area contributed by atoms with Crippen LogP contribution in [0.15, 0.2) is 106 Å². The Hall–Kier alpha value is -1.12. The van der Waals surface area contributed by atoms with E-state index in [2.05, 4.69) is 91.0 Å². The molecular formula is C19H16Cl3S+. The van der Waals surface area contributed by atoms with Gasteiger partial charge < -0.3 is 0 Å². The molecule has 0 bridgehead atoms. The molecule has 0 aliphatic carbocycles. The summed E-state index contributed by atoms with van der Waals surface area (Å²) in [4.78, 5) is 4.08. The standard InChI is InChI=1S/C18H15S.CHCl3/c1-4-10-16(11-5-1)19(17-12-6-2-7-13-17)18-14-8-3-9-15-18;2-1(3)4/h1-15H;1H/q+1;. The van der Waals surface area contributed by atoms with Crippen LogP contribution >= 0.6 is 34.8 Å². The summed E-state index contributed by atoms with van der Waals surface area (Å²) < 4.78 is -0.750. The van der Waals surface area contributed by atoms with Crippen molar-refractivity contribution in [3.8, 4) is 0 Å². The average Bonchev–Trinajstić information content (AvgIpc) is 2.58. The molecule has 0 atom stereocenters. The highest BCUT2D eigenvalue weighted by molar-refractivity contribution is 7.97. The topological polar surface area (TPSA) is 0 Å². The van der Waals surface area contributed by atoms with Gasteiger partial charge in [-0.3, -0.25) is 0 Å². The molecule has 0 saturated carbocycles. The van der Waals surface area contributed by atoms with Crippen LogP contribution in [0.5, 0.6) is 0 Å². The van der Waals surface area contributed by atoms with Crippen molar-refractivity contribution < 1.29 is 0 Å². The highest BCUT2D eigenvalue weighted by Gasteiger charge is 2.27. The van der Waals surface area contributed by atoms with Gasteiger partial charge in [-0.05, 0) is 36.4 Å². The molecule has 0 unspecified atom stereocenters. The van der Waals surface area contributed by atoms with E-state index in [9.17, 15) is 0 Å². The van der Waals surface area contributed by atoms with Crippen LogP contribution < -0.4 is 0 Å². The zero-order valence-corrected chi connectivity index (χ0v) is 15.4. The zero-order chi connectivity index (χ0) is 16.5. The molecule has 0 saturated heterocycles. The molecule has 0 nitrogen and oxygen atoms in total. The predicted molar refractivity (Wildman–Crippen MR) is 103 cm³/mol. The average molecular weight is 383 g/mol. The maximum atomic E-state index is 4.81. The second-order valence-electron chi connectivity index (χ2n) is 4.49. The molecule has 0 heterocycles. The van der Waals surface area contributed by atoms with Crippen LogP contribution in [0.25, 0.3) is 0 Å². The number of halogens is 3. The number of benzene rings is 3. The van der Waals surface area contributed by atoms with Gasteiger partial charge in [-0.1, -0.05) is 89.4 Å². The minimum atomic E-state index is -0.750. The quantitative estimate of drug-likeness (QED) is 0.346. The molecule has 0 aliphatic rings. The molecule has 0 aliphatic heterocycles. The highest BCUT2D eigenvalue weighted by atomic mass is 35.6. The highest BCUT2D eigenvalue weighted by Crippen LogP contribution is 2.30. The molecular weight excluding hydrogens is 367 g/mol. The zero-order valence-electron chi connectivity index (χ0n) is 12.3. The summed E-state index contributed by atoms with van der Waals surface area (Å²) in [6, 6.07) is 32.2. The van der Waals surface area contributed by atoms with E-state index in [1.54, 1.807) is 0 Å². The van der Waals surface area contributed by atoms with Gasteiger partial charge in [-0.2, -0.15) is 0 Å². The summed E-state index contributed by atoms with van der Waals surface area (Å²) in [5.41, 5.74) is 0. The number of alkyl halides is 3. The van der Waals surface area contributed by atoms with Gasteiger partial charge in [-0.25, -0.2) is 0 Å². The molecule has 3 aromatic rings. The van der Waals surface area contributed by atoms with Crippen LogP contribution in [0.1, 0.15) is 0 Å². The van der Waals surface area contributed by atoms with Crippen molar-refractivity contribution >= 4 is 45.7 Å². The Morgan fingerprint density at radius 2 is 0.696 bits per heavy atom. The monoisotopic (exact) mass is 381 g/mol. The molecule has 3 rings (SSSR count). The largest absolute Gasteiger partial charge is 0.180 e. The summed E-state index contributed by atoms with van der Waals surface area (Å²) in [7, 11) is -0.0146. The fourth-order valence-electron chi connectivity index (χ4n) is 2.08. The van der Waals surface area contributed by atoms with Gasteiger partial charge in [0.1, 0.15) is 0 Å². The van der Waals surface area contributed by atoms with Crippen molar-refractivity contribution in [1.29, 1.82) is 0 Å². The minimum absolute atomic E-state index is 0.0146. The number of hydrogen-bond donors (Lipinski definition) is 0. The van der Waals surface area contributed by atoms with Gasteiger partial charge in [-0.15, -0.1) is 0 Å². The first kappa shape index (κ1) is 18.2. The molecule has 0 spiro atoms. The summed E-state index contributed by atoms with van der Waals surface area (Å²) in [5, 5.41) is 0. The molecule has 118 valence electrons. The molecule has 3 aromatic carbocycles. The molecule has 0 aromatic heterocycles. The van der Waals surface area contributed by atoms with Crippen LogP contribution in [0, 0.1) is 0 Å². The predicted octanol–water partition coefficient (Wildman–Crippen LogP) is 6.77. The second kappa shape index (κ2) is 9.89. The van der Waals surface area contributed by atoms with Gasteiger partial charge in [0, 0.05) is 0 Å². The van der Waals surface area contributed by atoms with Crippen LogP contribution in [-0.2, 0) is 10.9 Å². The first-order chi connectivity index (χ1) is 11.2. The van der Waals surface area contributed by atoms with Gasteiger partial charge in [0.15, 0.2) is 19.0 Å². The van der Waals surface area contributed by atoms with Crippen LogP contribution in [0.3, 0.4) is 0 Å². The Morgan fingerprint density at radius 3 is 0.913 bits per heavy atom. The lowest BCUT2D eigenvalue weighted by atomic mass is 10.4. The Morgan fingerprint density at radius 1 is 0.478 bits per heavy atom. The third-order valence-electron chi connectivity index (χ3n) is 2.94. The fraction of sp³-hybridized carbons (Fsp3) is 0.0526. The maximum Gasteiger partial charge on any atom is 0.180 e. The van der Waals surface area contributed by atoms with E-state index in [-0.39, 0.29) is 10.9 Å². The summed E-state index contributed by atoms with van der Waals surface area (Å²) in [6.45, 7) is 0. The summed E-state index contributed by atoms with van der Waals surface area (Å²) in [6.07, 6.45) is 0. The van der Waals surface area contributed by atoms with Crippen LogP contribution in [0.2, 0.25) is 0 Å². The lowest BCUT2D eigenvalue weighted by Crippen LogP contribution is -2.04. The van der Waals surface area contributed by atoms with E-state index >= 15 is 0 Å².